The van der Waals surface area contributed by atoms with E-state index in [0.717, 1.165) is 37.1 Å². The summed E-state index contributed by atoms with van der Waals surface area (Å²) in [6.07, 6.45) is 0.898. The van der Waals surface area contributed by atoms with E-state index in [0.29, 0.717) is 11.5 Å². The van der Waals surface area contributed by atoms with Crippen LogP contribution in [0.4, 0.5) is 4.39 Å². The van der Waals surface area contributed by atoms with Crippen LogP contribution in [0.2, 0.25) is 0 Å². The fraction of sp³-hybridized carbons (Fsp3) is 0.600. The second-order valence-electron chi connectivity index (χ2n) is 5.72. The average molecular weight is 418 g/mol. The van der Waals surface area contributed by atoms with E-state index in [1.165, 1.54) is 6.07 Å². The molecule has 22 heavy (non-hydrogen) atoms. The maximum atomic E-state index is 13.7. The first-order chi connectivity index (χ1) is 9.50. The van der Waals surface area contributed by atoms with Crippen LogP contribution in [0, 0.1) is 11.7 Å². The molecule has 2 N–H and O–H groups in total. The molecule has 0 unspecified atom stereocenters. The molecule has 128 valence electrons. The Hall–Kier alpha value is -0.0700. The topological polar surface area (TPSA) is 35.5 Å². The van der Waals surface area contributed by atoms with Crippen LogP contribution in [0.3, 0.4) is 0 Å². The molecule has 3 nitrogen and oxygen atoms in total. The van der Waals surface area contributed by atoms with Gasteiger partial charge < -0.3 is 10.4 Å². The van der Waals surface area contributed by atoms with E-state index < -0.39 is 5.82 Å². The Morgan fingerprint density at radius 1 is 1.27 bits per heavy atom. The summed E-state index contributed by atoms with van der Waals surface area (Å²) in [5.74, 6) is -0.292. The van der Waals surface area contributed by atoms with Crippen LogP contribution < -0.4 is 5.32 Å². The summed E-state index contributed by atoms with van der Waals surface area (Å²) in [6.45, 7) is 8.00. The highest BCUT2D eigenvalue weighted by molar-refractivity contribution is 9.10. The summed E-state index contributed by atoms with van der Waals surface area (Å²) in [6, 6.07) is 3.02. The van der Waals surface area contributed by atoms with Crippen molar-refractivity contribution in [3.05, 3.63) is 28.0 Å². The number of piperazine rings is 1. The van der Waals surface area contributed by atoms with Crippen molar-refractivity contribution in [1.29, 1.82) is 0 Å². The Labute approximate surface area is 152 Å². The fourth-order valence-corrected chi connectivity index (χ4v) is 3.35. The van der Waals surface area contributed by atoms with Crippen LogP contribution in [-0.4, -0.2) is 36.2 Å². The lowest BCUT2D eigenvalue weighted by molar-refractivity contribution is 0.150. The van der Waals surface area contributed by atoms with Crippen molar-refractivity contribution in [2.45, 2.75) is 26.3 Å². The number of phenolic OH excluding ortho intramolecular Hbond substituents is 1. The molecule has 1 heterocycles. The van der Waals surface area contributed by atoms with Gasteiger partial charge in [-0.1, -0.05) is 29.8 Å². The number of benzene rings is 1. The average Bonchev–Trinajstić information content (AvgIpc) is 2.43. The zero-order chi connectivity index (χ0) is 14.7. The summed E-state index contributed by atoms with van der Waals surface area (Å²) in [7, 11) is 0. The van der Waals surface area contributed by atoms with Gasteiger partial charge in [0, 0.05) is 42.3 Å². The molecule has 0 aliphatic carbocycles. The van der Waals surface area contributed by atoms with E-state index in [9.17, 15) is 9.50 Å². The molecule has 0 aromatic heterocycles. The smallest absolute Gasteiger partial charge is 0.165 e. The van der Waals surface area contributed by atoms with Gasteiger partial charge in [-0.05, 0) is 24.5 Å². The first-order valence-corrected chi connectivity index (χ1v) is 7.91. The van der Waals surface area contributed by atoms with Crippen LogP contribution in [-0.2, 0) is 0 Å². The van der Waals surface area contributed by atoms with Gasteiger partial charge in [-0.3, -0.25) is 4.90 Å². The van der Waals surface area contributed by atoms with Crippen molar-refractivity contribution in [2.75, 3.05) is 26.2 Å². The number of nitrogens with zero attached hydrogens (tertiary/aromatic N) is 1. The number of hydrogen-bond donors (Lipinski definition) is 2. The van der Waals surface area contributed by atoms with Gasteiger partial charge in [-0.15, -0.1) is 24.8 Å². The summed E-state index contributed by atoms with van der Waals surface area (Å²) in [5.41, 5.74) is 0.681. The van der Waals surface area contributed by atoms with E-state index in [-0.39, 0.29) is 36.6 Å². The maximum Gasteiger partial charge on any atom is 0.165 e. The normalized spacial score (nSPS) is 16.8. The highest BCUT2D eigenvalue weighted by Crippen LogP contribution is 2.39. The van der Waals surface area contributed by atoms with Crippen molar-refractivity contribution in [3.63, 3.8) is 0 Å². The van der Waals surface area contributed by atoms with Crippen LogP contribution in [0.1, 0.15) is 31.9 Å². The van der Waals surface area contributed by atoms with E-state index in [1.807, 2.05) is 0 Å². The van der Waals surface area contributed by atoms with Gasteiger partial charge in [0.25, 0.3) is 0 Å². The first kappa shape index (κ1) is 21.9. The highest BCUT2D eigenvalue weighted by Gasteiger charge is 2.28. The molecule has 7 heteroatoms. The molecule has 0 saturated carbocycles. The molecule has 1 saturated heterocycles. The van der Waals surface area contributed by atoms with Crippen molar-refractivity contribution >= 4 is 40.7 Å². The van der Waals surface area contributed by atoms with Gasteiger partial charge in [-0.2, -0.15) is 0 Å². The van der Waals surface area contributed by atoms with E-state index in [1.54, 1.807) is 6.07 Å². The molecule has 0 radical (unpaired) electrons. The molecule has 1 aliphatic rings. The van der Waals surface area contributed by atoms with Crippen molar-refractivity contribution in [1.82, 2.24) is 10.2 Å². The minimum Gasteiger partial charge on any atom is -0.505 e. The lowest BCUT2D eigenvalue weighted by Crippen LogP contribution is -2.45. The predicted octanol–water partition coefficient (Wildman–Crippen LogP) is 4.13. The van der Waals surface area contributed by atoms with E-state index in [2.05, 4.69) is 40.0 Å². The molecule has 0 spiro atoms. The van der Waals surface area contributed by atoms with Gasteiger partial charge in [0.15, 0.2) is 11.6 Å². The van der Waals surface area contributed by atoms with Crippen LogP contribution in [0.25, 0.3) is 0 Å². The number of aromatic hydroxyl groups is 1. The van der Waals surface area contributed by atoms with Gasteiger partial charge in [0.1, 0.15) is 0 Å². The summed E-state index contributed by atoms with van der Waals surface area (Å²) in [5, 5.41) is 13.5. The van der Waals surface area contributed by atoms with Crippen molar-refractivity contribution < 1.29 is 9.50 Å². The standard InChI is InChI=1S/C15H22BrFN2O.2ClH/c1-10(2)9-13(19-7-5-18-6-8-19)14-11(16)3-4-12(17)15(14)20;;/h3-4,10,13,18,20H,5-9H2,1-2H3;2*1H/t13-;;/m0../s1. The molecule has 0 bridgehead atoms. The van der Waals surface area contributed by atoms with Crippen LogP contribution >= 0.6 is 40.7 Å². The number of rotatable bonds is 4. The molecule has 1 fully saturated rings. The minimum atomic E-state index is -0.549. The number of nitrogens with one attached hydrogen (secondary N) is 1. The van der Waals surface area contributed by atoms with Gasteiger partial charge >= 0.3 is 0 Å². The summed E-state index contributed by atoms with van der Waals surface area (Å²) in [4.78, 5) is 2.33. The van der Waals surface area contributed by atoms with Gasteiger partial charge in [-0.25, -0.2) is 4.39 Å². The van der Waals surface area contributed by atoms with E-state index >= 15 is 0 Å². The Morgan fingerprint density at radius 2 is 1.86 bits per heavy atom. The fourth-order valence-electron chi connectivity index (χ4n) is 2.76. The lowest BCUT2D eigenvalue weighted by atomic mass is 9.94. The Kier molecular flexibility index (Phi) is 9.90. The third kappa shape index (κ3) is 5.24. The van der Waals surface area contributed by atoms with Gasteiger partial charge in [0.05, 0.1) is 0 Å². The second kappa shape index (κ2) is 9.93. The Morgan fingerprint density at radius 3 is 2.41 bits per heavy atom. The predicted molar refractivity (Wildman–Crippen MR) is 96.9 cm³/mol. The summed E-state index contributed by atoms with van der Waals surface area (Å²) >= 11 is 3.47. The molecule has 1 aromatic carbocycles. The molecule has 1 aliphatic heterocycles. The second-order valence-corrected chi connectivity index (χ2v) is 6.58. The number of hydrogen-bond acceptors (Lipinski definition) is 3. The molecular formula is C15H24BrCl2FN2O. The zero-order valence-electron chi connectivity index (χ0n) is 12.8. The molecule has 1 atom stereocenters. The van der Waals surface area contributed by atoms with Gasteiger partial charge in [0.2, 0.25) is 0 Å². The van der Waals surface area contributed by atoms with E-state index in [4.69, 9.17) is 0 Å². The minimum absolute atomic E-state index is 0. The molecular weight excluding hydrogens is 394 g/mol. The van der Waals surface area contributed by atoms with Crippen LogP contribution in [0.5, 0.6) is 5.75 Å². The first-order valence-electron chi connectivity index (χ1n) is 7.12. The number of phenols is 1. The number of halogens is 4. The molecule has 1 aromatic rings. The lowest BCUT2D eigenvalue weighted by Gasteiger charge is -2.36. The Bertz CT molecular complexity index is 471. The zero-order valence-corrected chi connectivity index (χ0v) is 16.0. The monoisotopic (exact) mass is 416 g/mol. The van der Waals surface area contributed by atoms with Crippen LogP contribution in [0.15, 0.2) is 16.6 Å². The molecule has 2 rings (SSSR count). The SMILES string of the molecule is CC(C)C[C@@H](c1c(Br)ccc(F)c1O)N1CCNCC1.Cl.Cl. The third-order valence-electron chi connectivity index (χ3n) is 3.73. The largest absolute Gasteiger partial charge is 0.505 e. The van der Waals surface area contributed by atoms with Crippen molar-refractivity contribution in [2.24, 2.45) is 5.92 Å². The maximum absolute atomic E-state index is 13.7. The van der Waals surface area contributed by atoms with Crippen molar-refractivity contribution in [3.8, 4) is 5.75 Å². The summed E-state index contributed by atoms with van der Waals surface area (Å²) < 4.78 is 14.5. The highest BCUT2D eigenvalue weighted by atomic mass is 79.9. The third-order valence-corrected chi connectivity index (χ3v) is 4.43. The Balaban J connectivity index is 0.00000220. The quantitative estimate of drug-likeness (QED) is 0.772. The molecule has 0 amide bonds.